The van der Waals surface area contributed by atoms with Gasteiger partial charge in [0.15, 0.2) is 0 Å². The van der Waals surface area contributed by atoms with Crippen molar-refractivity contribution in [3.63, 3.8) is 0 Å². The SMILES string of the molecule is CCCN(CC(=O)Nc1c(-c2ccccc2)c(C)nn1-c1ccccc1C)S(=O)(=O)c1ccc(Br)cc1. The number of hydrogen-bond donors (Lipinski definition) is 1. The van der Waals surface area contributed by atoms with Gasteiger partial charge in [-0.25, -0.2) is 13.1 Å². The van der Waals surface area contributed by atoms with Gasteiger partial charge in [-0.2, -0.15) is 9.40 Å². The molecule has 0 atom stereocenters. The fraction of sp³-hybridized carbons (Fsp3) is 0.214. The molecule has 0 aliphatic carbocycles. The Bertz CT molecular complexity index is 1500. The summed E-state index contributed by atoms with van der Waals surface area (Å²) in [5.74, 6) is 0.0570. The van der Waals surface area contributed by atoms with Crippen LogP contribution in [-0.4, -0.2) is 41.5 Å². The van der Waals surface area contributed by atoms with Crippen LogP contribution in [0.25, 0.3) is 16.8 Å². The van der Waals surface area contributed by atoms with Gasteiger partial charge >= 0.3 is 0 Å². The maximum Gasteiger partial charge on any atom is 0.243 e. The molecule has 192 valence electrons. The zero-order valence-corrected chi connectivity index (χ0v) is 23.4. The predicted molar refractivity (Wildman–Crippen MR) is 150 cm³/mol. The maximum absolute atomic E-state index is 13.4. The minimum atomic E-state index is -3.86. The Kier molecular flexibility index (Phi) is 8.26. The molecule has 1 aromatic heterocycles. The molecular formula is C28H29BrN4O3S. The number of carbonyl (C=O) groups excluding carboxylic acids is 1. The van der Waals surface area contributed by atoms with Crippen molar-refractivity contribution in [2.75, 3.05) is 18.4 Å². The normalized spacial score (nSPS) is 11.6. The molecule has 0 radical (unpaired) electrons. The molecule has 1 N–H and O–H groups in total. The Morgan fingerprint density at radius 1 is 0.973 bits per heavy atom. The summed E-state index contributed by atoms with van der Waals surface area (Å²) < 4.78 is 30.4. The van der Waals surface area contributed by atoms with Gasteiger partial charge in [-0.1, -0.05) is 71.4 Å². The fourth-order valence-electron chi connectivity index (χ4n) is 4.19. The molecule has 0 bridgehead atoms. The van der Waals surface area contributed by atoms with Crippen molar-refractivity contribution in [1.29, 1.82) is 0 Å². The highest BCUT2D eigenvalue weighted by Gasteiger charge is 2.28. The average molecular weight is 582 g/mol. The predicted octanol–water partition coefficient (Wildman–Crippen LogP) is 5.96. The minimum absolute atomic E-state index is 0.141. The summed E-state index contributed by atoms with van der Waals surface area (Å²) in [5, 5.41) is 7.75. The van der Waals surface area contributed by atoms with Gasteiger partial charge in [0, 0.05) is 16.6 Å². The molecule has 1 amide bonds. The van der Waals surface area contributed by atoms with Crippen molar-refractivity contribution >= 4 is 37.7 Å². The smallest absolute Gasteiger partial charge is 0.243 e. The van der Waals surface area contributed by atoms with Crippen molar-refractivity contribution < 1.29 is 13.2 Å². The van der Waals surface area contributed by atoms with Gasteiger partial charge in [-0.05, 0) is 61.7 Å². The summed E-state index contributed by atoms with van der Waals surface area (Å²) in [6, 6.07) is 23.9. The number of anilines is 1. The number of aryl methyl sites for hydroxylation is 2. The van der Waals surface area contributed by atoms with Crippen molar-refractivity contribution in [3.8, 4) is 16.8 Å². The Balaban J connectivity index is 1.72. The lowest BCUT2D eigenvalue weighted by atomic mass is 10.1. The summed E-state index contributed by atoms with van der Waals surface area (Å²) in [5.41, 5.74) is 4.26. The number of rotatable bonds is 9. The number of sulfonamides is 1. The Hall–Kier alpha value is -3.27. The lowest BCUT2D eigenvalue weighted by Crippen LogP contribution is -2.38. The minimum Gasteiger partial charge on any atom is -0.309 e. The van der Waals surface area contributed by atoms with E-state index >= 15 is 0 Å². The fourth-order valence-corrected chi connectivity index (χ4v) is 5.94. The molecule has 0 aliphatic rings. The molecule has 3 aromatic carbocycles. The molecule has 0 fully saturated rings. The van der Waals surface area contributed by atoms with Crippen LogP contribution in [0, 0.1) is 13.8 Å². The Labute approximate surface area is 226 Å². The first kappa shape index (κ1) is 26.8. The zero-order chi connectivity index (χ0) is 26.6. The second kappa shape index (κ2) is 11.4. The number of nitrogens with zero attached hydrogens (tertiary/aromatic N) is 3. The number of benzene rings is 3. The molecule has 1 heterocycles. The molecule has 9 heteroatoms. The molecule has 4 aromatic rings. The molecule has 7 nitrogen and oxygen atoms in total. The van der Waals surface area contributed by atoms with E-state index in [1.807, 2.05) is 75.4 Å². The van der Waals surface area contributed by atoms with Crippen LogP contribution in [0.2, 0.25) is 0 Å². The lowest BCUT2D eigenvalue weighted by Gasteiger charge is -2.22. The average Bonchev–Trinajstić information content (AvgIpc) is 3.19. The molecule has 0 saturated carbocycles. The van der Waals surface area contributed by atoms with Crippen molar-refractivity contribution in [1.82, 2.24) is 14.1 Å². The van der Waals surface area contributed by atoms with Gasteiger partial charge in [-0.15, -0.1) is 0 Å². The highest BCUT2D eigenvalue weighted by molar-refractivity contribution is 9.10. The first-order valence-corrected chi connectivity index (χ1v) is 14.2. The van der Waals surface area contributed by atoms with E-state index < -0.39 is 15.9 Å². The van der Waals surface area contributed by atoms with E-state index in [2.05, 4.69) is 21.2 Å². The largest absolute Gasteiger partial charge is 0.309 e. The van der Waals surface area contributed by atoms with E-state index in [0.29, 0.717) is 12.2 Å². The van der Waals surface area contributed by atoms with Crippen LogP contribution in [0.3, 0.4) is 0 Å². The summed E-state index contributed by atoms with van der Waals surface area (Å²) in [6.45, 7) is 5.65. The van der Waals surface area contributed by atoms with Crippen molar-refractivity contribution in [3.05, 3.63) is 94.6 Å². The molecule has 37 heavy (non-hydrogen) atoms. The standard InChI is InChI=1S/C28H29BrN4O3S/c1-4-18-32(37(35,36)24-16-14-23(29)15-17-24)19-26(34)30-28-27(22-11-6-5-7-12-22)21(3)31-33(28)25-13-9-8-10-20(25)2/h5-17H,4,18-19H2,1-3H3,(H,30,34). The number of hydrogen-bond acceptors (Lipinski definition) is 4. The van der Waals surface area contributed by atoms with E-state index in [-0.39, 0.29) is 18.0 Å². The number of halogens is 1. The van der Waals surface area contributed by atoms with Crippen LogP contribution in [-0.2, 0) is 14.8 Å². The molecule has 0 aliphatic heterocycles. The van der Waals surface area contributed by atoms with Crippen LogP contribution < -0.4 is 5.32 Å². The maximum atomic E-state index is 13.4. The Morgan fingerprint density at radius 2 is 1.62 bits per heavy atom. The van der Waals surface area contributed by atoms with Gasteiger partial charge in [-0.3, -0.25) is 4.79 Å². The van der Waals surface area contributed by atoms with Crippen molar-refractivity contribution in [2.24, 2.45) is 0 Å². The lowest BCUT2D eigenvalue weighted by molar-refractivity contribution is -0.116. The highest BCUT2D eigenvalue weighted by atomic mass is 79.9. The summed E-state index contributed by atoms with van der Waals surface area (Å²) >= 11 is 3.34. The van der Waals surface area contributed by atoms with Crippen LogP contribution in [0.15, 0.2) is 88.2 Å². The molecule has 0 spiro atoms. The molecule has 4 rings (SSSR count). The second-order valence-electron chi connectivity index (χ2n) is 8.71. The summed E-state index contributed by atoms with van der Waals surface area (Å²) in [6.07, 6.45) is 0.568. The first-order chi connectivity index (χ1) is 17.7. The second-order valence-corrected chi connectivity index (χ2v) is 11.6. The third-order valence-corrected chi connectivity index (χ3v) is 8.36. The van der Waals surface area contributed by atoms with Crippen LogP contribution in [0.5, 0.6) is 0 Å². The van der Waals surface area contributed by atoms with E-state index in [9.17, 15) is 13.2 Å². The van der Waals surface area contributed by atoms with E-state index in [0.717, 1.165) is 32.5 Å². The van der Waals surface area contributed by atoms with Crippen molar-refractivity contribution in [2.45, 2.75) is 32.1 Å². The highest BCUT2D eigenvalue weighted by Crippen LogP contribution is 2.34. The zero-order valence-electron chi connectivity index (χ0n) is 21.0. The third kappa shape index (κ3) is 5.84. The van der Waals surface area contributed by atoms with E-state index in [4.69, 9.17) is 5.10 Å². The number of aromatic nitrogens is 2. The van der Waals surface area contributed by atoms with Crippen LogP contribution in [0.1, 0.15) is 24.6 Å². The Morgan fingerprint density at radius 3 is 2.27 bits per heavy atom. The van der Waals surface area contributed by atoms with E-state index in [1.165, 1.54) is 16.4 Å². The third-order valence-electron chi connectivity index (χ3n) is 5.97. The van der Waals surface area contributed by atoms with Gasteiger partial charge in [0.05, 0.1) is 22.8 Å². The van der Waals surface area contributed by atoms with E-state index in [1.54, 1.807) is 16.8 Å². The number of nitrogens with one attached hydrogen (secondary N) is 1. The van der Waals surface area contributed by atoms with Gasteiger partial charge in [0.2, 0.25) is 15.9 Å². The van der Waals surface area contributed by atoms with Gasteiger partial charge in [0.25, 0.3) is 0 Å². The topological polar surface area (TPSA) is 84.3 Å². The number of amides is 1. The molecule has 0 saturated heterocycles. The summed E-state index contributed by atoms with van der Waals surface area (Å²) in [4.78, 5) is 13.6. The quantitative estimate of drug-likeness (QED) is 0.265. The number of carbonyl (C=O) groups is 1. The van der Waals surface area contributed by atoms with Gasteiger partial charge in [0.1, 0.15) is 5.82 Å². The van der Waals surface area contributed by atoms with Crippen LogP contribution in [0.4, 0.5) is 5.82 Å². The molecule has 0 unspecified atom stereocenters. The number of para-hydroxylation sites is 1. The van der Waals surface area contributed by atoms with Crippen LogP contribution >= 0.6 is 15.9 Å². The monoisotopic (exact) mass is 580 g/mol. The van der Waals surface area contributed by atoms with Gasteiger partial charge < -0.3 is 5.32 Å². The summed E-state index contributed by atoms with van der Waals surface area (Å²) in [7, 11) is -3.86. The first-order valence-electron chi connectivity index (χ1n) is 12.0. The molecular weight excluding hydrogens is 552 g/mol.